The quantitative estimate of drug-likeness (QED) is 0.341. The van der Waals surface area contributed by atoms with Gasteiger partial charge in [0, 0.05) is 12.8 Å². The van der Waals surface area contributed by atoms with Crippen molar-refractivity contribution in [1.29, 1.82) is 0 Å². The van der Waals surface area contributed by atoms with Crippen molar-refractivity contribution in [1.82, 2.24) is 0 Å². The van der Waals surface area contributed by atoms with E-state index in [1.54, 1.807) is 42.3 Å². The van der Waals surface area contributed by atoms with Crippen molar-refractivity contribution < 1.29 is 32.9 Å². The highest BCUT2D eigenvalue weighted by Crippen LogP contribution is 2.42. The first-order chi connectivity index (χ1) is 16.0. The summed E-state index contributed by atoms with van der Waals surface area (Å²) in [4.78, 5) is 26.7. The molecule has 0 N–H and O–H groups in total. The van der Waals surface area contributed by atoms with E-state index < -0.39 is 5.97 Å². The second kappa shape index (κ2) is 12.7. The van der Waals surface area contributed by atoms with E-state index in [0.29, 0.717) is 43.4 Å². The minimum Gasteiger partial charge on any atom is -0.460 e. The molecule has 2 aromatic carbocycles. The van der Waals surface area contributed by atoms with Crippen LogP contribution in [-0.2, 0) is 23.7 Å². The zero-order valence-corrected chi connectivity index (χ0v) is 19.6. The first kappa shape index (κ1) is 25.2. The number of halogens is 1. The van der Waals surface area contributed by atoms with Gasteiger partial charge in [-0.2, -0.15) is 0 Å². The van der Waals surface area contributed by atoms with Crippen molar-refractivity contribution in [3.63, 3.8) is 0 Å². The Labute approximate surface area is 197 Å². The summed E-state index contributed by atoms with van der Waals surface area (Å²) in [7, 11) is 1.61. The van der Waals surface area contributed by atoms with Gasteiger partial charge in [0.25, 0.3) is 0 Å². The molecule has 1 unspecified atom stereocenters. The van der Waals surface area contributed by atoms with E-state index in [9.17, 15) is 14.0 Å². The number of esters is 1. The van der Waals surface area contributed by atoms with E-state index in [-0.39, 0.29) is 30.3 Å². The van der Waals surface area contributed by atoms with Crippen LogP contribution in [0.2, 0.25) is 0 Å². The summed E-state index contributed by atoms with van der Waals surface area (Å²) in [5, 5.41) is -0.245. The van der Waals surface area contributed by atoms with Crippen molar-refractivity contribution in [2.45, 2.75) is 12.3 Å². The van der Waals surface area contributed by atoms with Gasteiger partial charge >= 0.3 is 5.97 Å². The molecule has 0 aromatic heterocycles. The fourth-order valence-corrected chi connectivity index (χ4v) is 4.52. The molecular weight excluding hydrogens is 449 g/mol. The predicted molar refractivity (Wildman–Crippen MR) is 124 cm³/mol. The van der Waals surface area contributed by atoms with Crippen LogP contribution in [0.1, 0.15) is 26.9 Å². The van der Waals surface area contributed by atoms with Gasteiger partial charge in [-0.15, -0.1) is 11.8 Å². The van der Waals surface area contributed by atoms with E-state index in [4.69, 9.17) is 18.9 Å². The molecule has 9 heteroatoms. The first-order valence-corrected chi connectivity index (χ1v) is 11.7. The van der Waals surface area contributed by atoms with E-state index in [2.05, 4.69) is 0 Å². The topological polar surface area (TPSA) is 74.3 Å². The van der Waals surface area contributed by atoms with Crippen LogP contribution in [0.25, 0.3) is 0 Å². The molecule has 0 bridgehead atoms. The zero-order chi connectivity index (χ0) is 23.6. The predicted octanol–water partition coefficient (Wildman–Crippen LogP) is 3.75. The van der Waals surface area contributed by atoms with Gasteiger partial charge < -0.3 is 18.9 Å². The van der Waals surface area contributed by atoms with Gasteiger partial charge in [-0.1, -0.05) is 12.1 Å². The molecule has 1 saturated heterocycles. The van der Waals surface area contributed by atoms with Gasteiger partial charge in [-0.05, 0) is 48.4 Å². The number of benzene rings is 2. The van der Waals surface area contributed by atoms with E-state index in [1.807, 2.05) is 6.92 Å². The van der Waals surface area contributed by atoms with Crippen LogP contribution in [0.5, 0.6) is 0 Å². The molecular formula is C24H28FNO6S. The number of hydrogen-bond acceptors (Lipinski definition) is 7. The van der Waals surface area contributed by atoms with Crippen LogP contribution in [0.3, 0.4) is 0 Å². The van der Waals surface area contributed by atoms with Crippen molar-refractivity contribution >= 4 is 29.3 Å². The average molecular weight is 478 g/mol. The molecule has 1 aliphatic heterocycles. The maximum absolute atomic E-state index is 13.3. The number of nitrogens with zero attached hydrogens (tertiary/aromatic N) is 1. The van der Waals surface area contributed by atoms with Crippen LogP contribution >= 0.6 is 11.8 Å². The maximum atomic E-state index is 13.3. The lowest BCUT2D eigenvalue weighted by Crippen LogP contribution is -2.28. The van der Waals surface area contributed by atoms with Crippen LogP contribution < -0.4 is 4.90 Å². The number of amides is 1. The van der Waals surface area contributed by atoms with Crippen LogP contribution in [0.4, 0.5) is 10.1 Å². The molecule has 0 radical (unpaired) electrons. The summed E-state index contributed by atoms with van der Waals surface area (Å²) in [5.74, 6) is -0.472. The Morgan fingerprint density at radius 1 is 1.03 bits per heavy atom. The molecule has 1 amide bonds. The minimum absolute atomic E-state index is 0.0314. The van der Waals surface area contributed by atoms with Crippen molar-refractivity contribution in [2.75, 3.05) is 57.4 Å². The normalized spacial score (nSPS) is 15.8. The molecule has 1 aliphatic rings. The Hall–Kier alpha value is -2.46. The Kier molecular flexibility index (Phi) is 9.68. The molecule has 0 aliphatic carbocycles. The summed E-state index contributed by atoms with van der Waals surface area (Å²) in [5.41, 5.74) is 2.74. The van der Waals surface area contributed by atoms with Gasteiger partial charge in [-0.3, -0.25) is 9.69 Å². The number of anilines is 1. The fourth-order valence-electron chi connectivity index (χ4n) is 3.35. The highest BCUT2D eigenvalue weighted by molar-refractivity contribution is 8.00. The molecule has 33 heavy (non-hydrogen) atoms. The van der Waals surface area contributed by atoms with Gasteiger partial charge in [0.2, 0.25) is 5.91 Å². The lowest BCUT2D eigenvalue weighted by Gasteiger charge is -2.26. The zero-order valence-electron chi connectivity index (χ0n) is 18.8. The van der Waals surface area contributed by atoms with Gasteiger partial charge in [0.1, 0.15) is 17.8 Å². The summed E-state index contributed by atoms with van der Waals surface area (Å²) in [6, 6.07) is 11.3. The Morgan fingerprint density at radius 2 is 1.70 bits per heavy atom. The average Bonchev–Trinajstić information content (AvgIpc) is 3.19. The maximum Gasteiger partial charge on any atom is 0.338 e. The summed E-state index contributed by atoms with van der Waals surface area (Å²) < 4.78 is 34.1. The number of rotatable bonds is 12. The van der Waals surface area contributed by atoms with Crippen LogP contribution in [0.15, 0.2) is 42.5 Å². The summed E-state index contributed by atoms with van der Waals surface area (Å²) >= 11 is 1.49. The third kappa shape index (κ3) is 7.01. The smallest absolute Gasteiger partial charge is 0.338 e. The standard InChI is InChI=1S/C24H28FNO6S/c1-17-15-19(24(28)32-14-13-31-12-11-30-10-9-29-2)5-8-21(17)26-22(27)16-33-23(26)18-3-6-20(25)7-4-18/h3-8,15,23H,9-14,16H2,1-2H3. The molecule has 1 heterocycles. The van der Waals surface area contributed by atoms with Crippen LogP contribution in [0, 0.1) is 12.7 Å². The van der Waals surface area contributed by atoms with Crippen molar-refractivity contribution in [3.05, 3.63) is 65.0 Å². The fraction of sp³-hybridized carbons (Fsp3) is 0.417. The lowest BCUT2D eigenvalue weighted by atomic mass is 10.1. The van der Waals surface area contributed by atoms with Crippen molar-refractivity contribution in [3.8, 4) is 0 Å². The largest absolute Gasteiger partial charge is 0.460 e. The van der Waals surface area contributed by atoms with Gasteiger partial charge in [-0.25, -0.2) is 9.18 Å². The van der Waals surface area contributed by atoms with E-state index >= 15 is 0 Å². The molecule has 3 rings (SSSR count). The number of ether oxygens (including phenoxy) is 4. The monoisotopic (exact) mass is 477 g/mol. The number of carbonyl (C=O) groups excluding carboxylic acids is 2. The molecule has 7 nitrogen and oxygen atoms in total. The lowest BCUT2D eigenvalue weighted by molar-refractivity contribution is -0.115. The molecule has 178 valence electrons. The Balaban J connectivity index is 1.54. The molecule has 0 saturated carbocycles. The third-order valence-corrected chi connectivity index (χ3v) is 6.19. The molecule has 1 atom stereocenters. The second-order valence-electron chi connectivity index (χ2n) is 7.33. The highest BCUT2D eigenvalue weighted by Gasteiger charge is 2.35. The van der Waals surface area contributed by atoms with E-state index in [0.717, 1.165) is 11.1 Å². The molecule has 0 spiro atoms. The summed E-state index contributed by atoms with van der Waals surface area (Å²) in [6.07, 6.45) is 0. The summed E-state index contributed by atoms with van der Waals surface area (Å²) in [6.45, 7) is 4.15. The SMILES string of the molecule is COCCOCCOCCOC(=O)c1ccc(N2C(=O)CSC2c2ccc(F)cc2)c(C)c1. The van der Waals surface area contributed by atoms with E-state index in [1.165, 1.54) is 23.9 Å². The highest BCUT2D eigenvalue weighted by atomic mass is 32.2. The van der Waals surface area contributed by atoms with Crippen molar-refractivity contribution in [2.24, 2.45) is 0 Å². The number of thioether (sulfide) groups is 1. The number of methoxy groups -OCH3 is 1. The number of carbonyl (C=O) groups is 2. The third-order valence-electron chi connectivity index (χ3n) is 4.98. The van der Waals surface area contributed by atoms with Crippen LogP contribution in [-0.4, -0.2) is 64.4 Å². The minimum atomic E-state index is -0.457. The second-order valence-corrected chi connectivity index (χ2v) is 8.40. The first-order valence-electron chi connectivity index (χ1n) is 10.6. The molecule has 1 fully saturated rings. The Morgan fingerprint density at radius 3 is 2.36 bits per heavy atom. The van der Waals surface area contributed by atoms with Gasteiger partial charge in [0.05, 0.1) is 44.4 Å². The Bertz CT molecular complexity index is 939. The number of hydrogen-bond donors (Lipinski definition) is 0. The van der Waals surface area contributed by atoms with Gasteiger partial charge in [0.15, 0.2) is 0 Å². The molecule has 2 aromatic rings. The number of aryl methyl sites for hydroxylation is 1.